The van der Waals surface area contributed by atoms with Crippen LogP contribution < -0.4 is 20.7 Å². The highest BCUT2D eigenvalue weighted by Gasteiger charge is 2.14. The van der Waals surface area contributed by atoms with E-state index in [1.54, 1.807) is 36.4 Å². The number of carbonyl (C=O) groups excluding carboxylic acids is 2. The number of nitrogens with one attached hydrogen (secondary N) is 3. The molecule has 0 aliphatic rings. The molecule has 0 atom stereocenters. The number of urea groups is 1. The van der Waals surface area contributed by atoms with E-state index in [2.05, 4.69) is 25.7 Å². The van der Waals surface area contributed by atoms with Crippen LogP contribution in [0, 0.1) is 6.92 Å². The normalized spacial score (nSPS) is 10.8. The van der Waals surface area contributed by atoms with Gasteiger partial charge in [0, 0.05) is 27.7 Å². The first-order valence-corrected chi connectivity index (χ1v) is 10.5. The first-order valence-electron chi connectivity index (χ1n) is 9.73. The van der Waals surface area contributed by atoms with Crippen molar-refractivity contribution in [3.63, 3.8) is 0 Å². The monoisotopic (exact) mass is 460 g/mol. The molecule has 2 aromatic carbocycles. The summed E-state index contributed by atoms with van der Waals surface area (Å²) in [5, 5.41) is 8.58. The molecule has 168 valence electrons. The van der Waals surface area contributed by atoms with Crippen molar-refractivity contribution in [2.24, 2.45) is 0 Å². The lowest BCUT2D eigenvalue weighted by atomic mass is 10.1. The molecule has 3 aromatic rings. The Morgan fingerprint density at radius 3 is 2.25 bits per heavy atom. The predicted octanol–water partition coefficient (Wildman–Crippen LogP) is 5.50. The number of thiazole rings is 1. The summed E-state index contributed by atoms with van der Waals surface area (Å²) in [5.41, 5.74) is 2.33. The topological polar surface area (TPSA) is 92.4 Å². The molecule has 0 saturated heterocycles. The number of hydrogen-bond donors (Lipinski definition) is 3. The zero-order chi connectivity index (χ0) is 23.3. The molecule has 10 heteroatoms. The van der Waals surface area contributed by atoms with Crippen LogP contribution in [0.1, 0.15) is 29.1 Å². The van der Waals surface area contributed by atoms with Crippen LogP contribution in [-0.2, 0) is 0 Å². The highest BCUT2D eigenvalue weighted by molar-refractivity contribution is 7.16. The minimum Gasteiger partial charge on any atom is -0.435 e. The van der Waals surface area contributed by atoms with E-state index < -0.39 is 6.61 Å². The lowest BCUT2D eigenvalue weighted by molar-refractivity contribution is -0.0498. The minimum atomic E-state index is -2.88. The van der Waals surface area contributed by atoms with Gasteiger partial charge in [0.05, 0.1) is 5.69 Å². The molecule has 0 bridgehead atoms. The smallest absolute Gasteiger partial charge is 0.387 e. The van der Waals surface area contributed by atoms with Crippen molar-refractivity contribution in [2.45, 2.75) is 33.4 Å². The number of amides is 3. The number of aryl methyl sites for hydroxylation is 1. The molecule has 1 heterocycles. The van der Waals surface area contributed by atoms with E-state index >= 15 is 0 Å². The fourth-order valence-corrected chi connectivity index (χ4v) is 3.65. The van der Waals surface area contributed by atoms with Crippen molar-refractivity contribution in [1.29, 1.82) is 0 Å². The van der Waals surface area contributed by atoms with Crippen molar-refractivity contribution in [3.8, 4) is 17.0 Å². The second-order valence-electron chi connectivity index (χ2n) is 7.11. The zero-order valence-electron chi connectivity index (χ0n) is 17.6. The molecule has 0 spiro atoms. The third-order valence-corrected chi connectivity index (χ3v) is 5.08. The summed E-state index contributed by atoms with van der Waals surface area (Å²) < 4.78 is 29.0. The Hall–Kier alpha value is -3.53. The van der Waals surface area contributed by atoms with Crippen LogP contribution in [0.3, 0.4) is 0 Å². The van der Waals surface area contributed by atoms with Crippen molar-refractivity contribution in [3.05, 3.63) is 59.0 Å². The van der Waals surface area contributed by atoms with E-state index in [1.807, 2.05) is 20.8 Å². The second-order valence-corrected chi connectivity index (χ2v) is 8.31. The Morgan fingerprint density at radius 1 is 1.00 bits per heavy atom. The van der Waals surface area contributed by atoms with Crippen LogP contribution in [0.4, 0.5) is 24.4 Å². The lowest BCUT2D eigenvalue weighted by Crippen LogP contribution is -2.34. The van der Waals surface area contributed by atoms with Crippen molar-refractivity contribution < 1.29 is 23.1 Å². The zero-order valence-corrected chi connectivity index (χ0v) is 18.4. The van der Waals surface area contributed by atoms with E-state index in [0.717, 1.165) is 10.4 Å². The van der Waals surface area contributed by atoms with Gasteiger partial charge in [-0.05, 0) is 69.3 Å². The van der Waals surface area contributed by atoms with Gasteiger partial charge in [-0.2, -0.15) is 8.78 Å². The molecule has 3 amide bonds. The van der Waals surface area contributed by atoms with Crippen LogP contribution >= 0.6 is 11.3 Å². The van der Waals surface area contributed by atoms with Gasteiger partial charge in [0.15, 0.2) is 5.13 Å². The van der Waals surface area contributed by atoms with Crippen molar-refractivity contribution in [2.75, 3.05) is 10.6 Å². The van der Waals surface area contributed by atoms with Gasteiger partial charge in [0.25, 0.3) is 5.91 Å². The SMILES string of the molecule is Cc1sc(NC(=O)c2ccc(NC(=O)NC(C)C)cc2)nc1-c1ccc(OC(F)F)cc1. The van der Waals surface area contributed by atoms with Gasteiger partial charge < -0.3 is 15.4 Å². The molecule has 0 radical (unpaired) electrons. The van der Waals surface area contributed by atoms with Crippen LogP contribution in [0.15, 0.2) is 48.5 Å². The largest absolute Gasteiger partial charge is 0.435 e. The van der Waals surface area contributed by atoms with Crippen LogP contribution in [0.2, 0.25) is 0 Å². The molecule has 7 nitrogen and oxygen atoms in total. The number of anilines is 2. The van der Waals surface area contributed by atoms with Crippen LogP contribution in [-0.4, -0.2) is 29.6 Å². The summed E-state index contributed by atoms with van der Waals surface area (Å²) in [7, 11) is 0. The fourth-order valence-electron chi connectivity index (χ4n) is 2.82. The third kappa shape index (κ3) is 6.24. The highest BCUT2D eigenvalue weighted by atomic mass is 32.1. The molecule has 0 saturated carbocycles. The minimum absolute atomic E-state index is 0.00982. The van der Waals surface area contributed by atoms with Gasteiger partial charge in [0.2, 0.25) is 0 Å². The maximum absolute atomic E-state index is 12.6. The van der Waals surface area contributed by atoms with E-state index in [0.29, 0.717) is 22.1 Å². The predicted molar refractivity (Wildman–Crippen MR) is 121 cm³/mol. The number of nitrogens with zero attached hydrogens (tertiary/aromatic N) is 1. The van der Waals surface area contributed by atoms with Crippen molar-refractivity contribution >= 4 is 34.1 Å². The fraction of sp³-hybridized carbons (Fsp3) is 0.227. The summed E-state index contributed by atoms with van der Waals surface area (Å²) >= 11 is 1.30. The molecular formula is C22H22F2N4O3S. The molecule has 0 fully saturated rings. The molecule has 0 unspecified atom stereocenters. The maximum atomic E-state index is 12.6. The maximum Gasteiger partial charge on any atom is 0.387 e. The standard InChI is InChI=1S/C22H22F2N4O3S/c1-12(2)25-21(30)26-16-8-4-15(5-9-16)19(29)28-22-27-18(13(3)32-22)14-6-10-17(11-7-14)31-20(23)24/h4-12,20H,1-3H3,(H2,25,26,30)(H,27,28,29). The lowest BCUT2D eigenvalue weighted by Gasteiger charge is -2.10. The van der Waals surface area contributed by atoms with Gasteiger partial charge in [-0.3, -0.25) is 10.1 Å². The summed E-state index contributed by atoms with van der Waals surface area (Å²) in [4.78, 5) is 29.6. The van der Waals surface area contributed by atoms with Gasteiger partial charge in [0.1, 0.15) is 5.75 Å². The number of halogens is 2. The third-order valence-electron chi connectivity index (χ3n) is 4.19. The highest BCUT2D eigenvalue weighted by Crippen LogP contribution is 2.31. The summed E-state index contributed by atoms with van der Waals surface area (Å²) in [6.45, 7) is 2.69. The van der Waals surface area contributed by atoms with Crippen molar-refractivity contribution in [1.82, 2.24) is 10.3 Å². The molecule has 1 aromatic heterocycles. The van der Waals surface area contributed by atoms with Gasteiger partial charge in [-0.25, -0.2) is 9.78 Å². The molecular weight excluding hydrogens is 438 g/mol. The number of hydrogen-bond acceptors (Lipinski definition) is 5. The Labute approximate surface area is 187 Å². The average molecular weight is 461 g/mol. The number of ether oxygens (including phenoxy) is 1. The Bertz CT molecular complexity index is 1080. The average Bonchev–Trinajstić information content (AvgIpc) is 3.08. The quantitative estimate of drug-likeness (QED) is 0.434. The van der Waals surface area contributed by atoms with Crippen LogP contribution in [0.5, 0.6) is 5.75 Å². The van der Waals surface area contributed by atoms with E-state index in [1.165, 1.54) is 23.5 Å². The molecule has 0 aliphatic carbocycles. The van der Waals surface area contributed by atoms with Gasteiger partial charge in [-0.15, -0.1) is 11.3 Å². The molecule has 0 aliphatic heterocycles. The Balaban J connectivity index is 1.65. The number of alkyl halides is 2. The molecule has 3 N–H and O–H groups in total. The van der Waals surface area contributed by atoms with Crippen LogP contribution in [0.25, 0.3) is 11.3 Å². The first kappa shape index (κ1) is 23.1. The van der Waals surface area contributed by atoms with Gasteiger partial charge in [-0.1, -0.05) is 0 Å². The Kier molecular flexibility index (Phi) is 7.37. The van der Waals surface area contributed by atoms with E-state index in [9.17, 15) is 18.4 Å². The molecule has 32 heavy (non-hydrogen) atoms. The van der Waals surface area contributed by atoms with E-state index in [-0.39, 0.29) is 23.7 Å². The molecule has 3 rings (SSSR count). The number of aromatic nitrogens is 1. The number of benzene rings is 2. The number of carbonyl (C=O) groups is 2. The summed E-state index contributed by atoms with van der Waals surface area (Å²) in [6.07, 6.45) is 0. The second kappa shape index (κ2) is 10.2. The first-order chi connectivity index (χ1) is 15.2. The Morgan fingerprint density at radius 2 is 1.66 bits per heavy atom. The summed E-state index contributed by atoms with van der Waals surface area (Å²) in [5.74, 6) is -0.283. The van der Waals surface area contributed by atoms with E-state index in [4.69, 9.17) is 0 Å². The summed E-state index contributed by atoms with van der Waals surface area (Å²) in [6, 6.07) is 12.3. The number of rotatable bonds is 7. The van der Waals surface area contributed by atoms with Gasteiger partial charge >= 0.3 is 12.6 Å².